The van der Waals surface area contributed by atoms with Crippen molar-refractivity contribution in [2.45, 2.75) is 38.5 Å². The Morgan fingerprint density at radius 3 is 2.36 bits per heavy atom. The number of hydrogen-bond donors (Lipinski definition) is 2. The maximum Gasteiger partial charge on any atom is 0.337 e. The van der Waals surface area contributed by atoms with Gasteiger partial charge < -0.3 is 15.3 Å². The van der Waals surface area contributed by atoms with Crippen molar-refractivity contribution in [2.24, 2.45) is 5.92 Å². The molecule has 3 rings (SSSR count). The van der Waals surface area contributed by atoms with Gasteiger partial charge in [-0.15, -0.1) is 0 Å². The van der Waals surface area contributed by atoms with Crippen LogP contribution in [0.15, 0.2) is 18.2 Å². The average Bonchev–Trinajstić information content (AvgIpc) is 3.34. The molecule has 22 heavy (non-hydrogen) atoms. The maximum absolute atomic E-state index is 11.9. The van der Waals surface area contributed by atoms with Crippen molar-refractivity contribution in [3.8, 4) is 0 Å². The van der Waals surface area contributed by atoms with E-state index in [2.05, 4.69) is 10.2 Å². The molecule has 1 saturated heterocycles. The van der Waals surface area contributed by atoms with Gasteiger partial charge in [0.2, 0.25) is 5.91 Å². The van der Waals surface area contributed by atoms with Crippen LogP contribution in [0.4, 0.5) is 11.4 Å². The predicted molar refractivity (Wildman–Crippen MR) is 85.4 cm³/mol. The van der Waals surface area contributed by atoms with Crippen molar-refractivity contribution in [3.05, 3.63) is 23.8 Å². The van der Waals surface area contributed by atoms with Gasteiger partial charge in [-0.3, -0.25) is 4.79 Å². The summed E-state index contributed by atoms with van der Waals surface area (Å²) in [6.07, 6.45) is 6.56. The van der Waals surface area contributed by atoms with Crippen molar-refractivity contribution in [3.63, 3.8) is 0 Å². The minimum absolute atomic E-state index is 0.0620. The lowest BCUT2D eigenvalue weighted by atomic mass is 10.1. The van der Waals surface area contributed by atoms with Crippen LogP contribution in [0.3, 0.4) is 0 Å². The Hall–Kier alpha value is -2.04. The fourth-order valence-electron chi connectivity index (χ4n) is 2.92. The number of aromatic carboxylic acids is 1. The molecule has 2 fully saturated rings. The third-order valence-electron chi connectivity index (χ3n) is 4.41. The highest BCUT2D eigenvalue weighted by molar-refractivity contribution is 6.02. The molecule has 0 bridgehead atoms. The Kier molecular flexibility index (Phi) is 4.32. The predicted octanol–water partition coefficient (Wildman–Crippen LogP) is 3.11. The van der Waals surface area contributed by atoms with E-state index in [9.17, 15) is 14.7 Å². The van der Waals surface area contributed by atoms with Crippen LogP contribution in [-0.4, -0.2) is 30.1 Å². The van der Waals surface area contributed by atoms with Crippen molar-refractivity contribution >= 4 is 23.3 Å². The van der Waals surface area contributed by atoms with E-state index in [1.54, 1.807) is 12.1 Å². The number of nitrogens with one attached hydrogen (secondary N) is 1. The van der Waals surface area contributed by atoms with Gasteiger partial charge in [0.25, 0.3) is 0 Å². The Bertz CT molecular complexity index is 573. The van der Waals surface area contributed by atoms with Gasteiger partial charge in [0, 0.05) is 24.7 Å². The topological polar surface area (TPSA) is 69.6 Å². The number of rotatable bonds is 4. The first-order valence-corrected chi connectivity index (χ1v) is 8.08. The molecule has 1 aliphatic carbocycles. The molecule has 1 aromatic carbocycles. The SMILES string of the molecule is O=C(O)c1cc(N2CCCCCC2)ccc1NC(=O)C1CC1. The molecule has 2 N–H and O–H groups in total. The first-order chi connectivity index (χ1) is 10.6. The van der Waals surface area contributed by atoms with Gasteiger partial charge in [-0.05, 0) is 43.9 Å². The lowest BCUT2D eigenvalue weighted by Gasteiger charge is -2.23. The number of hydrogen-bond acceptors (Lipinski definition) is 3. The minimum Gasteiger partial charge on any atom is -0.478 e. The molecule has 1 aliphatic heterocycles. The summed E-state index contributed by atoms with van der Waals surface area (Å²) in [5.41, 5.74) is 1.52. The third-order valence-corrected chi connectivity index (χ3v) is 4.41. The number of benzene rings is 1. The van der Waals surface area contributed by atoms with E-state index in [1.807, 2.05) is 6.07 Å². The molecule has 5 heteroatoms. The summed E-state index contributed by atoms with van der Waals surface area (Å²) in [5.74, 6) is -1.00. The molecule has 0 unspecified atom stereocenters. The van der Waals surface area contributed by atoms with E-state index in [4.69, 9.17) is 0 Å². The monoisotopic (exact) mass is 302 g/mol. The molecule has 1 amide bonds. The summed E-state index contributed by atoms with van der Waals surface area (Å²) in [6, 6.07) is 5.33. The van der Waals surface area contributed by atoms with Crippen LogP contribution in [0, 0.1) is 5.92 Å². The zero-order valence-corrected chi connectivity index (χ0v) is 12.7. The summed E-state index contributed by atoms with van der Waals surface area (Å²) in [7, 11) is 0. The molecule has 0 aromatic heterocycles. The number of anilines is 2. The fraction of sp³-hybridized carbons (Fsp3) is 0.529. The Balaban J connectivity index is 1.82. The van der Waals surface area contributed by atoms with Crippen LogP contribution >= 0.6 is 0 Å². The standard InChI is InChI=1S/C17H22N2O3/c20-16(12-5-6-12)18-15-8-7-13(11-14(15)17(21)22)19-9-3-1-2-4-10-19/h7-8,11-12H,1-6,9-10H2,(H,18,20)(H,21,22). The smallest absolute Gasteiger partial charge is 0.337 e. The van der Waals surface area contributed by atoms with Gasteiger partial charge in [0.1, 0.15) is 0 Å². The van der Waals surface area contributed by atoms with Gasteiger partial charge in [0.05, 0.1) is 11.3 Å². The van der Waals surface area contributed by atoms with Crippen LogP contribution in [0.5, 0.6) is 0 Å². The molecule has 1 heterocycles. The van der Waals surface area contributed by atoms with Crippen LogP contribution < -0.4 is 10.2 Å². The summed E-state index contributed by atoms with van der Waals surface area (Å²) in [5, 5.41) is 12.2. The van der Waals surface area contributed by atoms with Gasteiger partial charge in [-0.25, -0.2) is 4.79 Å². The number of carbonyl (C=O) groups is 2. The van der Waals surface area contributed by atoms with Crippen molar-refractivity contribution < 1.29 is 14.7 Å². The second-order valence-electron chi connectivity index (χ2n) is 6.20. The Labute approximate surface area is 130 Å². The van der Waals surface area contributed by atoms with Gasteiger partial charge in [-0.1, -0.05) is 12.8 Å². The van der Waals surface area contributed by atoms with Gasteiger partial charge in [0.15, 0.2) is 0 Å². The molecule has 1 saturated carbocycles. The molecule has 2 aliphatic rings. The quantitative estimate of drug-likeness (QED) is 0.896. The minimum atomic E-state index is -0.997. The van der Waals surface area contributed by atoms with Crippen LogP contribution in [0.2, 0.25) is 0 Å². The normalized spacial score (nSPS) is 18.6. The molecule has 0 atom stereocenters. The Morgan fingerprint density at radius 2 is 1.77 bits per heavy atom. The van der Waals surface area contributed by atoms with Gasteiger partial charge >= 0.3 is 5.97 Å². The van der Waals surface area contributed by atoms with Crippen molar-refractivity contribution in [1.29, 1.82) is 0 Å². The highest BCUT2D eigenvalue weighted by atomic mass is 16.4. The number of carbonyl (C=O) groups excluding carboxylic acids is 1. The van der Waals surface area contributed by atoms with Crippen molar-refractivity contribution in [1.82, 2.24) is 0 Å². The van der Waals surface area contributed by atoms with E-state index in [0.717, 1.165) is 44.5 Å². The molecular formula is C17H22N2O3. The molecule has 0 radical (unpaired) electrons. The second kappa shape index (κ2) is 6.38. The van der Waals surface area contributed by atoms with Crippen molar-refractivity contribution in [2.75, 3.05) is 23.3 Å². The number of carboxylic acids is 1. The molecule has 118 valence electrons. The van der Waals surface area contributed by atoms with Crippen LogP contribution in [0.25, 0.3) is 0 Å². The van der Waals surface area contributed by atoms with E-state index in [0.29, 0.717) is 5.69 Å². The fourth-order valence-corrected chi connectivity index (χ4v) is 2.92. The van der Waals surface area contributed by atoms with Crippen LogP contribution in [0.1, 0.15) is 48.9 Å². The zero-order chi connectivity index (χ0) is 15.5. The average molecular weight is 302 g/mol. The van der Waals surface area contributed by atoms with Crippen LogP contribution in [-0.2, 0) is 4.79 Å². The maximum atomic E-state index is 11.9. The Morgan fingerprint density at radius 1 is 1.09 bits per heavy atom. The number of nitrogens with zero attached hydrogens (tertiary/aromatic N) is 1. The van der Waals surface area contributed by atoms with E-state index < -0.39 is 5.97 Å². The first-order valence-electron chi connectivity index (χ1n) is 8.08. The highest BCUT2D eigenvalue weighted by Gasteiger charge is 2.30. The number of amides is 1. The summed E-state index contributed by atoms with van der Waals surface area (Å²) in [4.78, 5) is 25.6. The zero-order valence-electron chi connectivity index (χ0n) is 12.7. The third kappa shape index (κ3) is 3.40. The second-order valence-corrected chi connectivity index (χ2v) is 6.20. The summed E-state index contributed by atoms with van der Waals surface area (Å²) < 4.78 is 0. The summed E-state index contributed by atoms with van der Waals surface area (Å²) >= 11 is 0. The highest BCUT2D eigenvalue weighted by Crippen LogP contribution is 2.32. The number of carboxylic acid groups (broad SMARTS) is 1. The molecular weight excluding hydrogens is 280 g/mol. The molecule has 5 nitrogen and oxygen atoms in total. The van der Waals surface area contributed by atoms with E-state index in [1.165, 1.54) is 12.8 Å². The largest absolute Gasteiger partial charge is 0.478 e. The summed E-state index contributed by atoms with van der Waals surface area (Å²) in [6.45, 7) is 1.93. The van der Waals surface area contributed by atoms with E-state index in [-0.39, 0.29) is 17.4 Å². The van der Waals surface area contributed by atoms with E-state index >= 15 is 0 Å². The lowest BCUT2D eigenvalue weighted by molar-refractivity contribution is -0.117. The molecule has 0 spiro atoms. The lowest BCUT2D eigenvalue weighted by Crippen LogP contribution is -2.24. The first kappa shape index (κ1) is 14.9. The van der Waals surface area contributed by atoms with Gasteiger partial charge in [-0.2, -0.15) is 0 Å². The molecule has 1 aromatic rings.